The van der Waals surface area contributed by atoms with E-state index < -0.39 is 11.6 Å². The molecule has 0 N–H and O–H groups in total. The second kappa shape index (κ2) is 10.0. The minimum absolute atomic E-state index is 0.0416. The van der Waals surface area contributed by atoms with Gasteiger partial charge in [-0.15, -0.1) is 0 Å². The molecule has 0 atom stereocenters. The predicted octanol–water partition coefficient (Wildman–Crippen LogP) is 6.30. The van der Waals surface area contributed by atoms with E-state index in [0.717, 1.165) is 17.4 Å². The number of carbonyl (C=O) groups is 1. The van der Waals surface area contributed by atoms with E-state index in [1.165, 1.54) is 11.0 Å². The number of anilines is 1. The first-order valence-corrected chi connectivity index (χ1v) is 11.7. The smallest absolute Gasteiger partial charge is 0.260 e. The van der Waals surface area contributed by atoms with Gasteiger partial charge < -0.3 is 9.30 Å². The number of benzene rings is 3. The standard InChI is InChI=1S/C26H20F2N4O2S/c27-19-15-22(28)24-23(16-19)35-26(30-24)32(12-5-11-31-13-10-29-17-31)25(33)18-6-4-9-21(14-18)34-20-7-2-1-3-8-20/h1-4,6-10,13-17H,5,11-12H2. The molecule has 5 aromatic rings. The Hall–Kier alpha value is -4.11. The van der Waals surface area contributed by atoms with Crippen molar-refractivity contribution in [3.8, 4) is 11.5 Å². The van der Waals surface area contributed by atoms with E-state index in [-0.39, 0.29) is 11.4 Å². The molecule has 0 saturated heterocycles. The maximum Gasteiger partial charge on any atom is 0.260 e. The van der Waals surface area contributed by atoms with Crippen molar-refractivity contribution in [2.75, 3.05) is 11.4 Å². The molecule has 1 amide bonds. The maximum atomic E-state index is 14.3. The average Bonchev–Trinajstić information content (AvgIpc) is 3.52. The number of thiazole rings is 1. The number of hydrogen-bond acceptors (Lipinski definition) is 5. The number of carbonyl (C=O) groups excluding carboxylic acids is 1. The van der Waals surface area contributed by atoms with Gasteiger partial charge in [-0.1, -0.05) is 35.6 Å². The normalized spacial score (nSPS) is 11.0. The van der Waals surface area contributed by atoms with E-state index in [1.807, 2.05) is 41.1 Å². The molecule has 6 nitrogen and oxygen atoms in total. The van der Waals surface area contributed by atoms with Crippen molar-refractivity contribution in [1.82, 2.24) is 14.5 Å². The Bertz CT molecular complexity index is 1460. The third-order valence-corrected chi connectivity index (χ3v) is 6.32. The number of aryl methyl sites for hydroxylation is 1. The lowest BCUT2D eigenvalue weighted by molar-refractivity contribution is 0.0986. The van der Waals surface area contributed by atoms with Crippen LogP contribution >= 0.6 is 11.3 Å². The fraction of sp³-hybridized carbons (Fsp3) is 0.115. The van der Waals surface area contributed by atoms with E-state index in [4.69, 9.17) is 4.74 Å². The number of nitrogens with zero attached hydrogens (tertiary/aromatic N) is 4. The Morgan fingerprint density at radius 2 is 1.86 bits per heavy atom. The SMILES string of the molecule is O=C(c1cccc(Oc2ccccc2)c1)N(CCCn1ccnc1)c1nc2c(F)cc(F)cc2s1. The lowest BCUT2D eigenvalue weighted by Crippen LogP contribution is -2.32. The summed E-state index contributed by atoms with van der Waals surface area (Å²) in [6.07, 6.45) is 5.83. The van der Waals surface area contributed by atoms with E-state index in [0.29, 0.717) is 46.4 Å². The zero-order chi connectivity index (χ0) is 24.2. The fourth-order valence-corrected chi connectivity index (χ4v) is 4.68. The van der Waals surface area contributed by atoms with E-state index in [1.54, 1.807) is 36.8 Å². The molecular formula is C26H20F2N4O2S. The van der Waals surface area contributed by atoms with Gasteiger partial charge in [0.2, 0.25) is 0 Å². The summed E-state index contributed by atoms with van der Waals surface area (Å²) >= 11 is 1.08. The molecule has 0 bridgehead atoms. The monoisotopic (exact) mass is 490 g/mol. The number of hydrogen-bond donors (Lipinski definition) is 0. The third kappa shape index (κ3) is 5.20. The van der Waals surface area contributed by atoms with Gasteiger partial charge in [0.25, 0.3) is 5.91 Å². The minimum atomic E-state index is -0.758. The van der Waals surface area contributed by atoms with Crippen LogP contribution in [0.2, 0.25) is 0 Å². The molecule has 35 heavy (non-hydrogen) atoms. The highest BCUT2D eigenvalue weighted by atomic mass is 32.1. The number of halogens is 2. The Labute approximate surface area is 204 Å². The molecule has 0 aliphatic heterocycles. The molecule has 2 aromatic heterocycles. The van der Waals surface area contributed by atoms with Crippen LogP contribution in [0.3, 0.4) is 0 Å². The molecule has 5 rings (SSSR count). The summed E-state index contributed by atoms with van der Waals surface area (Å²) in [6, 6.07) is 18.1. The number of imidazole rings is 1. The van der Waals surface area contributed by atoms with Crippen LogP contribution in [0, 0.1) is 11.6 Å². The number of rotatable bonds is 8. The van der Waals surface area contributed by atoms with Gasteiger partial charge in [0.15, 0.2) is 10.9 Å². The number of amides is 1. The van der Waals surface area contributed by atoms with Crippen LogP contribution in [0.1, 0.15) is 16.8 Å². The van der Waals surface area contributed by atoms with Gasteiger partial charge in [0, 0.05) is 37.1 Å². The molecule has 3 aromatic carbocycles. The highest BCUT2D eigenvalue weighted by Crippen LogP contribution is 2.32. The molecule has 9 heteroatoms. The Kier molecular flexibility index (Phi) is 6.49. The summed E-state index contributed by atoms with van der Waals surface area (Å²) in [5.74, 6) is -0.592. The van der Waals surface area contributed by atoms with Gasteiger partial charge in [0.1, 0.15) is 22.8 Å². The first-order valence-electron chi connectivity index (χ1n) is 10.9. The first-order chi connectivity index (χ1) is 17.1. The summed E-state index contributed by atoms with van der Waals surface area (Å²) in [4.78, 5) is 23.5. The number of ether oxygens (including phenoxy) is 1. The fourth-order valence-electron chi connectivity index (χ4n) is 3.65. The summed E-state index contributed by atoms with van der Waals surface area (Å²) in [7, 11) is 0. The van der Waals surface area contributed by atoms with Gasteiger partial charge >= 0.3 is 0 Å². The van der Waals surface area contributed by atoms with Crippen molar-refractivity contribution in [3.05, 3.63) is 103 Å². The number of para-hydroxylation sites is 1. The van der Waals surface area contributed by atoms with Crippen molar-refractivity contribution in [1.29, 1.82) is 0 Å². The first kappa shape index (κ1) is 22.7. The highest BCUT2D eigenvalue weighted by molar-refractivity contribution is 7.22. The Morgan fingerprint density at radius 1 is 1.03 bits per heavy atom. The summed E-state index contributed by atoms with van der Waals surface area (Å²) in [6.45, 7) is 0.958. The van der Waals surface area contributed by atoms with Crippen LogP contribution in [0.4, 0.5) is 13.9 Å². The van der Waals surface area contributed by atoms with Crippen LogP contribution in [0.5, 0.6) is 11.5 Å². The quantitative estimate of drug-likeness (QED) is 0.256. The van der Waals surface area contributed by atoms with Crippen molar-refractivity contribution in [2.24, 2.45) is 0 Å². The van der Waals surface area contributed by atoms with Gasteiger partial charge in [-0.3, -0.25) is 9.69 Å². The van der Waals surface area contributed by atoms with Crippen LogP contribution in [-0.2, 0) is 6.54 Å². The summed E-state index contributed by atoms with van der Waals surface area (Å²) in [5, 5.41) is 0.300. The largest absolute Gasteiger partial charge is 0.457 e. The topological polar surface area (TPSA) is 60.2 Å². The minimum Gasteiger partial charge on any atom is -0.457 e. The van der Waals surface area contributed by atoms with Gasteiger partial charge in [-0.25, -0.2) is 18.7 Å². The molecule has 176 valence electrons. The number of fused-ring (bicyclic) bond motifs is 1. The molecule has 0 unspecified atom stereocenters. The van der Waals surface area contributed by atoms with E-state index in [9.17, 15) is 13.6 Å². The zero-order valence-electron chi connectivity index (χ0n) is 18.5. The second-order valence-corrected chi connectivity index (χ2v) is 8.79. The molecule has 2 heterocycles. The van der Waals surface area contributed by atoms with Gasteiger partial charge in [-0.2, -0.15) is 0 Å². The van der Waals surface area contributed by atoms with Crippen LogP contribution in [0.15, 0.2) is 85.5 Å². The third-order valence-electron chi connectivity index (χ3n) is 5.30. The van der Waals surface area contributed by atoms with Crippen LogP contribution in [-0.4, -0.2) is 27.0 Å². The molecule has 0 saturated carbocycles. The summed E-state index contributed by atoms with van der Waals surface area (Å²) in [5.41, 5.74) is 0.437. The zero-order valence-corrected chi connectivity index (χ0v) is 19.3. The van der Waals surface area contributed by atoms with E-state index >= 15 is 0 Å². The summed E-state index contributed by atoms with van der Waals surface area (Å²) < 4.78 is 36.2. The Balaban J connectivity index is 1.44. The van der Waals surface area contributed by atoms with Crippen molar-refractivity contribution in [3.63, 3.8) is 0 Å². The van der Waals surface area contributed by atoms with Crippen LogP contribution in [0.25, 0.3) is 10.2 Å². The maximum absolute atomic E-state index is 14.3. The van der Waals surface area contributed by atoms with Crippen molar-refractivity contribution >= 4 is 32.6 Å². The van der Waals surface area contributed by atoms with Crippen LogP contribution < -0.4 is 9.64 Å². The molecule has 0 spiro atoms. The second-order valence-electron chi connectivity index (χ2n) is 7.78. The molecular weight excluding hydrogens is 470 g/mol. The van der Waals surface area contributed by atoms with E-state index in [2.05, 4.69) is 9.97 Å². The van der Waals surface area contributed by atoms with Crippen molar-refractivity contribution in [2.45, 2.75) is 13.0 Å². The predicted molar refractivity (Wildman–Crippen MR) is 131 cm³/mol. The van der Waals surface area contributed by atoms with Crippen molar-refractivity contribution < 1.29 is 18.3 Å². The average molecular weight is 491 g/mol. The lowest BCUT2D eigenvalue weighted by Gasteiger charge is -2.20. The molecule has 0 aliphatic carbocycles. The lowest BCUT2D eigenvalue weighted by atomic mass is 10.2. The van der Waals surface area contributed by atoms with Gasteiger partial charge in [-0.05, 0) is 42.8 Å². The molecule has 0 fully saturated rings. The molecule has 0 radical (unpaired) electrons. The number of aromatic nitrogens is 3. The Morgan fingerprint density at radius 3 is 2.66 bits per heavy atom. The highest BCUT2D eigenvalue weighted by Gasteiger charge is 2.23. The van der Waals surface area contributed by atoms with Gasteiger partial charge in [0.05, 0.1) is 11.0 Å². The molecule has 0 aliphatic rings.